The second kappa shape index (κ2) is 6.68. The first kappa shape index (κ1) is 15.5. The minimum Gasteiger partial charge on any atom is -0.267 e. The highest BCUT2D eigenvalue weighted by molar-refractivity contribution is 6.30. The summed E-state index contributed by atoms with van der Waals surface area (Å²) in [4.78, 5) is 33.7. The van der Waals surface area contributed by atoms with E-state index in [0.717, 1.165) is 6.07 Å². The van der Waals surface area contributed by atoms with Crippen molar-refractivity contribution in [2.75, 3.05) is 0 Å². The van der Waals surface area contributed by atoms with Crippen LogP contribution < -0.4 is 10.9 Å². The van der Waals surface area contributed by atoms with Gasteiger partial charge in [0.05, 0.1) is 4.92 Å². The molecule has 2 aromatic carbocycles. The van der Waals surface area contributed by atoms with Gasteiger partial charge in [-0.1, -0.05) is 17.7 Å². The number of non-ortho nitro benzene ring substituents is 1. The summed E-state index contributed by atoms with van der Waals surface area (Å²) in [6.45, 7) is 0. The highest BCUT2D eigenvalue weighted by atomic mass is 35.5. The van der Waals surface area contributed by atoms with E-state index in [1.54, 1.807) is 12.1 Å². The van der Waals surface area contributed by atoms with E-state index in [0.29, 0.717) is 10.6 Å². The quantitative estimate of drug-likeness (QED) is 0.669. The minimum atomic E-state index is -0.661. The van der Waals surface area contributed by atoms with Crippen LogP contribution in [-0.4, -0.2) is 16.7 Å². The Balaban J connectivity index is 2.00. The molecule has 112 valence electrons. The molecule has 0 saturated heterocycles. The van der Waals surface area contributed by atoms with Crippen molar-refractivity contribution in [3.05, 3.63) is 74.8 Å². The summed E-state index contributed by atoms with van der Waals surface area (Å²) >= 11 is 5.71. The van der Waals surface area contributed by atoms with Gasteiger partial charge in [0.2, 0.25) is 0 Å². The molecule has 0 aliphatic rings. The Morgan fingerprint density at radius 2 is 1.55 bits per heavy atom. The van der Waals surface area contributed by atoms with Crippen molar-refractivity contribution in [1.29, 1.82) is 0 Å². The minimum absolute atomic E-state index is 0.0607. The maximum Gasteiger partial charge on any atom is 0.270 e. The number of hydrazine groups is 1. The van der Waals surface area contributed by atoms with Gasteiger partial charge in [-0.15, -0.1) is 0 Å². The molecule has 2 rings (SSSR count). The van der Waals surface area contributed by atoms with Crippen molar-refractivity contribution in [1.82, 2.24) is 10.9 Å². The van der Waals surface area contributed by atoms with Crippen molar-refractivity contribution in [2.24, 2.45) is 0 Å². The third-order valence-electron chi connectivity index (χ3n) is 2.72. The van der Waals surface area contributed by atoms with Crippen LogP contribution in [0, 0.1) is 10.1 Å². The van der Waals surface area contributed by atoms with Crippen LogP contribution in [0.1, 0.15) is 20.7 Å². The molecule has 0 heterocycles. The predicted molar refractivity (Wildman–Crippen MR) is 79.5 cm³/mol. The van der Waals surface area contributed by atoms with Crippen LogP contribution >= 0.6 is 11.6 Å². The smallest absolute Gasteiger partial charge is 0.267 e. The van der Waals surface area contributed by atoms with Crippen LogP contribution in [0.3, 0.4) is 0 Å². The number of hydrogen-bond donors (Lipinski definition) is 2. The summed E-state index contributed by atoms with van der Waals surface area (Å²) in [5.41, 5.74) is 4.56. The second-order valence-corrected chi connectivity index (χ2v) is 4.66. The van der Waals surface area contributed by atoms with E-state index in [-0.39, 0.29) is 11.3 Å². The number of nitro benzene ring substituents is 1. The van der Waals surface area contributed by atoms with E-state index < -0.39 is 16.7 Å². The summed E-state index contributed by atoms with van der Waals surface area (Å²) in [6.07, 6.45) is 0. The van der Waals surface area contributed by atoms with Gasteiger partial charge in [0, 0.05) is 28.3 Å². The Kier molecular flexibility index (Phi) is 4.70. The largest absolute Gasteiger partial charge is 0.270 e. The molecule has 0 spiro atoms. The molecule has 8 heteroatoms. The number of rotatable bonds is 3. The number of nitrogens with one attached hydrogen (secondary N) is 2. The van der Waals surface area contributed by atoms with E-state index in [2.05, 4.69) is 10.9 Å². The average molecular weight is 320 g/mol. The lowest BCUT2D eigenvalue weighted by molar-refractivity contribution is -0.384. The number of carbonyl (C=O) groups is 2. The summed E-state index contributed by atoms with van der Waals surface area (Å²) in [7, 11) is 0. The van der Waals surface area contributed by atoms with Gasteiger partial charge < -0.3 is 0 Å². The predicted octanol–water partition coefficient (Wildman–Crippen LogP) is 2.32. The second-order valence-electron chi connectivity index (χ2n) is 4.22. The standard InChI is InChI=1S/C14H10ClN3O4/c15-11-6-4-9(5-7-11)13(19)16-17-14(20)10-2-1-3-12(8-10)18(21)22/h1-8H,(H,16,19)(H,17,20). The van der Waals surface area contributed by atoms with Gasteiger partial charge in [0.1, 0.15) is 0 Å². The van der Waals surface area contributed by atoms with Gasteiger partial charge in [-0.25, -0.2) is 0 Å². The van der Waals surface area contributed by atoms with Gasteiger partial charge in [0.15, 0.2) is 0 Å². The normalized spacial score (nSPS) is 9.86. The van der Waals surface area contributed by atoms with Crippen LogP contribution in [0.5, 0.6) is 0 Å². The number of hydrogen-bond acceptors (Lipinski definition) is 4. The molecule has 0 aromatic heterocycles. The summed E-state index contributed by atoms with van der Waals surface area (Å²) in [6, 6.07) is 11.2. The van der Waals surface area contributed by atoms with Gasteiger partial charge in [-0.2, -0.15) is 0 Å². The fourth-order valence-corrected chi connectivity index (χ4v) is 1.75. The Morgan fingerprint density at radius 1 is 0.955 bits per heavy atom. The molecule has 0 atom stereocenters. The lowest BCUT2D eigenvalue weighted by Crippen LogP contribution is -2.41. The maximum atomic E-state index is 11.8. The molecular weight excluding hydrogens is 310 g/mol. The van der Waals surface area contributed by atoms with Gasteiger partial charge >= 0.3 is 0 Å². The maximum absolute atomic E-state index is 11.8. The lowest BCUT2D eigenvalue weighted by atomic mass is 10.2. The zero-order chi connectivity index (χ0) is 16.1. The first-order valence-corrected chi connectivity index (χ1v) is 6.46. The number of carbonyl (C=O) groups excluding carboxylic acids is 2. The highest BCUT2D eigenvalue weighted by Crippen LogP contribution is 2.13. The molecule has 22 heavy (non-hydrogen) atoms. The van der Waals surface area contributed by atoms with Crippen molar-refractivity contribution < 1.29 is 14.5 Å². The van der Waals surface area contributed by atoms with E-state index in [4.69, 9.17) is 11.6 Å². The van der Waals surface area contributed by atoms with Crippen molar-refractivity contribution >= 4 is 29.1 Å². The van der Waals surface area contributed by atoms with E-state index in [1.807, 2.05) is 0 Å². The molecule has 0 aliphatic carbocycles. The topological polar surface area (TPSA) is 101 Å². The molecule has 0 fully saturated rings. The first-order chi connectivity index (χ1) is 10.5. The molecule has 7 nitrogen and oxygen atoms in total. The Hall–Kier alpha value is -2.93. The molecule has 0 bridgehead atoms. The van der Waals surface area contributed by atoms with Gasteiger partial charge in [-0.3, -0.25) is 30.6 Å². The Morgan fingerprint density at radius 3 is 2.14 bits per heavy atom. The summed E-state index contributed by atoms with van der Waals surface area (Å²) < 4.78 is 0. The van der Waals surface area contributed by atoms with Crippen LogP contribution in [0.4, 0.5) is 5.69 Å². The molecule has 2 N–H and O–H groups in total. The van der Waals surface area contributed by atoms with Crippen molar-refractivity contribution in [2.45, 2.75) is 0 Å². The van der Waals surface area contributed by atoms with Crippen LogP contribution in [0.2, 0.25) is 5.02 Å². The zero-order valence-electron chi connectivity index (χ0n) is 11.1. The lowest BCUT2D eigenvalue weighted by Gasteiger charge is -2.07. The van der Waals surface area contributed by atoms with Crippen molar-refractivity contribution in [3.8, 4) is 0 Å². The number of nitro groups is 1. The zero-order valence-corrected chi connectivity index (χ0v) is 11.8. The van der Waals surface area contributed by atoms with Gasteiger partial charge in [0.25, 0.3) is 17.5 Å². The number of halogens is 1. The van der Waals surface area contributed by atoms with Crippen LogP contribution in [-0.2, 0) is 0 Å². The Bertz CT molecular complexity index is 731. The van der Waals surface area contributed by atoms with E-state index in [1.165, 1.54) is 30.3 Å². The highest BCUT2D eigenvalue weighted by Gasteiger charge is 2.12. The third kappa shape index (κ3) is 3.80. The van der Waals surface area contributed by atoms with E-state index >= 15 is 0 Å². The fraction of sp³-hybridized carbons (Fsp3) is 0. The molecular formula is C14H10ClN3O4. The molecule has 0 unspecified atom stereocenters. The third-order valence-corrected chi connectivity index (χ3v) is 2.97. The van der Waals surface area contributed by atoms with Crippen LogP contribution in [0.15, 0.2) is 48.5 Å². The Labute approximate surface area is 130 Å². The summed E-state index contributed by atoms with van der Waals surface area (Å²) in [5.74, 6) is -1.19. The molecule has 2 aromatic rings. The first-order valence-electron chi connectivity index (χ1n) is 6.08. The van der Waals surface area contributed by atoms with E-state index in [9.17, 15) is 19.7 Å². The fourth-order valence-electron chi connectivity index (χ4n) is 1.62. The SMILES string of the molecule is O=C(NNC(=O)c1cccc([N+](=O)[O-])c1)c1ccc(Cl)cc1. The molecule has 0 aliphatic heterocycles. The molecule has 2 amide bonds. The molecule has 0 saturated carbocycles. The summed E-state index contributed by atoms with van der Waals surface area (Å²) in [5, 5.41) is 11.1. The monoisotopic (exact) mass is 319 g/mol. The number of benzene rings is 2. The average Bonchev–Trinajstić information content (AvgIpc) is 2.53. The van der Waals surface area contributed by atoms with Gasteiger partial charge in [-0.05, 0) is 30.3 Å². The number of amides is 2. The molecule has 0 radical (unpaired) electrons. The van der Waals surface area contributed by atoms with Crippen molar-refractivity contribution in [3.63, 3.8) is 0 Å². The number of nitrogens with zero attached hydrogens (tertiary/aromatic N) is 1. The van der Waals surface area contributed by atoms with Crippen LogP contribution in [0.25, 0.3) is 0 Å².